The Bertz CT molecular complexity index is 1090. The maximum atomic E-state index is 12.6. The van der Waals surface area contributed by atoms with Crippen LogP contribution in [-0.2, 0) is 14.3 Å². The third-order valence-electron chi connectivity index (χ3n) is 4.61. The molecule has 0 saturated carbocycles. The molecule has 1 aliphatic heterocycles. The minimum Gasteiger partial charge on any atom is -0.466 e. The maximum absolute atomic E-state index is 12.6. The van der Waals surface area contributed by atoms with E-state index >= 15 is 0 Å². The number of aliphatic hydroxyl groups is 1. The summed E-state index contributed by atoms with van der Waals surface area (Å²) in [7, 11) is 1.26. The highest BCUT2D eigenvalue weighted by Gasteiger charge is 2.34. The standard InChI is InChI=1S/C20H19N5O5/c1-29-20(28)14-11-25(8-9-26)19(27)16(14)21-13-6-4-12(5-7-13)17-22-18(24-23-17)15-3-2-10-30-15/h2-7,10,21,26H,8-9,11H2,1H3,(H,22,23,24). The second kappa shape index (κ2) is 8.21. The minimum absolute atomic E-state index is 0.0826. The maximum Gasteiger partial charge on any atom is 0.337 e. The van der Waals surface area contributed by atoms with Gasteiger partial charge in [-0.2, -0.15) is 5.10 Å². The molecule has 3 heterocycles. The number of carbonyl (C=O) groups is 2. The zero-order chi connectivity index (χ0) is 21.1. The van der Waals surface area contributed by atoms with Crippen LogP contribution < -0.4 is 5.32 Å². The molecule has 1 amide bonds. The molecule has 1 aromatic carbocycles. The fourth-order valence-electron chi connectivity index (χ4n) is 3.11. The number of benzene rings is 1. The van der Waals surface area contributed by atoms with Crippen LogP contribution in [0.1, 0.15) is 0 Å². The number of H-pyrrole nitrogens is 1. The van der Waals surface area contributed by atoms with E-state index in [1.54, 1.807) is 42.7 Å². The van der Waals surface area contributed by atoms with Crippen LogP contribution in [0, 0.1) is 0 Å². The lowest BCUT2D eigenvalue weighted by Crippen LogP contribution is -2.31. The number of methoxy groups -OCH3 is 1. The lowest BCUT2D eigenvalue weighted by Gasteiger charge is -2.15. The van der Waals surface area contributed by atoms with E-state index in [0.29, 0.717) is 23.1 Å². The lowest BCUT2D eigenvalue weighted by atomic mass is 10.2. The number of aromatic amines is 1. The number of nitrogens with zero attached hydrogens (tertiary/aromatic N) is 3. The number of nitrogens with one attached hydrogen (secondary N) is 2. The number of anilines is 1. The zero-order valence-electron chi connectivity index (χ0n) is 16.1. The summed E-state index contributed by atoms with van der Waals surface area (Å²) in [4.78, 5) is 30.4. The Kier molecular flexibility index (Phi) is 5.31. The van der Waals surface area contributed by atoms with Crippen molar-refractivity contribution in [1.29, 1.82) is 0 Å². The van der Waals surface area contributed by atoms with Crippen molar-refractivity contribution >= 4 is 17.6 Å². The van der Waals surface area contributed by atoms with Crippen LogP contribution in [0.25, 0.3) is 23.0 Å². The number of aromatic nitrogens is 3. The molecule has 0 saturated heterocycles. The quantitative estimate of drug-likeness (QED) is 0.499. The van der Waals surface area contributed by atoms with Crippen molar-refractivity contribution in [2.24, 2.45) is 0 Å². The van der Waals surface area contributed by atoms with Gasteiger partial charge in [-0.05, 0) is 36.4 Å². The van der Waals surface area contributed by atoms with Crippen molar-refractivity contribution < 1.29 is 23.8 Å². The highest BCUT2D eigenvalue weighted by atomic mass is 16.5. The van der Waals surface area contributed by atoms with Crippen molar-refractivity contribution in [2.45, 2.75) is 0 Å². The molecule has 30 heavy (non-hydrogen) atoms. The number of hydrogen-bond acceptors (Lipinski definition) is 8. The van der Waals surface area contributed by atoms with E-state index in [9.17, 15) is 9.59 Å². The Morgan fingerprint density at radius 2 is 2.13 bits per heavy atom. The normalized spacial score (nSPS) is 13.8. The van der Waals surface area contributed by atoms with E-state index in [1.807, 2.05) is 0 Å². The highest BCUT2D eigenvalue weighted by molar-refractivity contribution is 6.08. The van der Waals surface area contributed by atoms with Crippen molar-refractivity contribution in [3.8, 4) is 23.0 Å². The van der Waals surface area contributed by atoms with E-state index in [1.165, 1.54) is 12.0 Å². The molecule has 10 heteroatoms. The van der Waals surface area contributed by atoms with E-state index in [4.69, 9.17) is 14.3 Å². The summed E-state index contributed by atoms with van der Waals surface area (Å²) in [5.74, 6) is 0.639. The van der Waals surface area contributed by atoms with Crippen molar-refractivity contribution in [3.05, 3.63) is 53.9 Å². The molecule has 1 aliphatic rings. The van der Waals surface area contributed by atoms with Gasteiger partial charge >= 0.3 is 5.97 Å². The van der Waals surface area contributed by atoms with Gasteiger partial charge in [-0.25, -0.2) is 9.78 Å². The molecule has 0 fully saturated rings. The van der Waals surface area contributed by atoms with Gasteiger partial charge in [0.25, 0.3) is 5.91 Å². The monoisotopic (exact) mass is 409 g/mol. The van der Waals surface area contributed by atoms with Gasteiger partial charge in [0, 0.05) is 17.8 Å². The average Bonchev–Trinajstić information content (AvgIpc) is 3.51. The molecule has 0 unspecified atom stereocenters. The third kappa shape index (κ3) is 3.67. The van der Waals surface area contributed by atoms with Gasteiger partial charge in [0.2, 0.25) is 0 Å². The predicted octanol–water partition coefficient (Wildman–Crippen LogP) is 1.41. The Hall–Kier alpha value is -3.92. The number of esters is 1. The van der Waals surface area contributed by atoms with Gasteiger partial charge in [-0.15, -0.1) is 0 Å². The number of aliphatic hydroxyl groups excluding tert-OH is 1. The Labute approximate surface area is 171 Å². The largest absolute Gasteiger partial charge is 0.466 e. The number of ether oxygens (including phenoxy) is 1. The second-order valence-corrected chi connectivity index (χ2v) is 6.48. The molecule has 0 aliphatic carbocycles. The number of hydrogen-bond donors (Lipinski definition) is 3. The van der Waals surface area contributed by atoms with Crippen LogP contribution in [-0.4, -0.2) is 63.9 Å². The van der Waals surface area contributed by atoms with Gasteiger partial charge in [-0.1, -0.05) is 0 Å². The van der Waals surface area contributed by atoms with Crippen LogP contribution in [0.5, 0.6) is 0 Å². The first-order valence-electron chi connectivity index (χ1n) is 9.16. The van der Waals surface area contributed by atoms with Crippen molar-refractivity contribution in [2.75, 3.05) is 32.1 Å². The van der Waals surface area contributed by atoms with Crippen LogP contribution >= 0.6 is 0 Å². The molecule has 0 atom stereocenters. The average molecular weight is 409 g/mol. The van der Waals surface area contributed by atoms with Gasteiger partial charge < -0.3 is 24.5 Å². The molecule has 4 rings (SSSR count). The van der Waals surface area contributed by atoms with E-state index < -0.39 is 5.97 Å². The summed E-state index contributed by atoms with van der Waals surface area (Å²) in [6, 6.07) is 10.6. The van der Waals surface area contributed by atoms with Crippen LogP contribution in [0.4, 0.5) is 5.69 Å². The van der Waals surface area contributed by atoms with Gasteiger partial charge in [-0.3, -0.25) is 9.89 Å². The Balaban J connectivity index is 1.54. The minimum atomic E-state index is -0.589. The topological polar surface area (TPSA) is 134 Å². The smallest absolute Gasteiger partial charge is 0.337 e. The molecule has 10 nitrogen and oxygen atoms in total. The predicted molar refractivity (Wildman–Crippen MR) is 106 cm³/mol. The van der Waals surface area contributed by atoms with Gasteiger partial charge in [0.1, 0.15) is 5.70 Å². The fourth-order valence-corrected chi connectivity index (χ4v) is 3.11. The molecule has 0 spiro atoms. The number of rotatable bonds is 7. The zero-order valence-corrected chi connectivity index (χ0v) is 16.1. The summed E-state index contributed by atoms with van der Waals surface area (Å²) in [6.07, 6.45) is 1.56. The van der Waals surface area contributed by atoms with Gasteiger partial charge in [0.05, 0.1) is 32.1 Å². The van der Waals surface area contributed by atoms with E-state index in [-0.39, 0.29) is 36.9 Å². The molecular formula is C20H19N5O5. The van der Waals surface area contributed by atoms with Crippen LogP contribution in [0.15, 0.2) is 58.3 Å². The molecule has 3 N–H and O–H groups in total. The first-order chi connectivity index (χ1) is 14.6. The number of carbonyl (C=O) groups excluding carboxylic acids is 2. The van der Waals surface area contributed by atoms with E-state index in [2.05, 4.69) is 20.5 Å². The third-order valence-corrected chi connectivity index (χ3v) is 4.61. The lowest BCUT2D eigenvalue weighted by molar-refractivity contribution is -0.136. The SMILES string of the molecule is COC(=O)C1=C(Nc2ccc(-c3n[nH]c(-c4ccco4)n3)cc2)C(=O)N(CCO)C1. The molecule has 2 aromatic heterocycles. The summed E-state index contributed by atoms with van der Waals surface area (Å²) >= 11 is 0. The molecule has 3 aromatic rings. The number of amides is 1. The summed E-state index contributed by atoms with van der Waals surface area (Å²) in [6.45, 7) is 0.0182. The molecular weight excluding hydrogens is 390 g/mol. The second-order valence-electron chi connectivity index (χ2n) is 6.48. The first-order valence-corrected chi connectivity index (χ1v) is 9.16. The summed E-state index contributed by atoms with van der Waals surface area (Å²) in [5, 5.41) is 19.1. The Morgan fingerprint density at radius 3 is 2.80 bits per heavy atom. The summed E-state index contributed by atoms with van der Waals surface area (Å²) in [5.41, 5.74) is 1.73. The first kappa shape index (κ1) is 19.4. The fraction of sp³-hybridized carbons (Fsp3) is 0.200. The van der Waals surface area contributed by atoms with Gasteiger partial charge in [0.15, 0.2) is 17.4 Å². The number of β-amino-alcohol motifs (C(OH)–C–C–N with tert-alkyl or cyclic N) is 1. The van der Waals surface area contributed by atoms with Crippen LogP contribution in [0.3, 0.4) is 0 Å². The molecule has 0 radical (unpaired) electrons. The summed E-state index contributed by atoms with van der Waals surface area (Å²) < 4.78 is 10.1. The van der Waals surface area contributed by atoms with Crippen LogP contribution in [0.2, 0.25) is 0 Å². The van der Waals surface area contributed by atoms with E-state index in [0.717, 1.165) is 5.56 Å². The molecule has 154 valence electrons. The van der Waals surface area contributed by atoms with Crippen molar-refractivity contribution in [3.63, 3.8) is 0 Å². The van der Waals surface area contributed by atoms with Crippen molar-refractivity contribution in [1.82, 2.24) is 20.1 Å². The molecule has 0 bridgehead atoms. The number of furan rings is 1. The highest BCUT2D eigenvalue weighted by Crippen LogP contribution is 2.25. The Morgan fingerprint density at radius 1 is 1.33 bits per heavy atom.